The molecule has 0 bridgehead atoms. The highest BCUT2D eigenvalue weighted by atomic mass is 32.2. The van der Waals surface area contributed by atoms with E-state index in [2.05, 4.69) is 27.0 Å². The van der Waals surface area contributed by atoms with E-state index >= 15 is 0 Å². The Labute approximate surface area is 178 Å². The maximum absolute atomic E-state index is 13.0. The summed E-state index contributed by atoms with van der Waals surface area (Å²) >= 11 is 2.03. The zero-order valence-corrected chi connectivity index (χ0v) is 18.3. The predicted octanol–water partition coefficient (Wildman–Crippen LogP) is 5.70. The van der Waals surface area contributed by atoms with Gasteiger partial charge in [-0.3, -0.25) is 4.79 Å². The van der Waals surface area contributed by atoms with Crippen LogP contribution in [-0.4, -0.2) is 41.6 Å². The third kappa shape index (κ3) is 6.58. The van der Waals surface area contributed by atoms with Crippen LogP contribution in [-0.2, 0) is 9.53 Å². The van der Waals surface area contributed by atoms with Gasteiger partial charge in [0.25, 0.3) is 0 Å². The molecule has 0 N–H and O–H groups in total. The lowest BCUT2D eigenvalue weighted by Gasteiger charge is -2.35. The second-order valence-corrected chi connectivity index (χ2v) is 8.81. The van der Waals surface area contributed by atoms with Gasteiger partial charge in [-0.05, 0) is 60.8 Å². The van der Waals surface area contributed by atoms with Crippen LogP contribution in [0.2, 0.25) is 0 Å². The lowest BCUT2D eigenvalue weighted by Crippen LogP contribution is -2.33. The summed E-state index contributed by atoms with van der Waals surface area (Å²) in [5.74, 6) is 0.938. The number of nitrogens with zero attached hydrogens (tertiary/aromatic N) is 1. The van der Waals surface area contributed by atoms with Crippen molar-refractivity contribution in [1.82, 2.24) is 4.90 Å². The molecule has 0 spiro atoms. The molecule has 2 heterocycles. The summed E-state index contributed by atoms with van der Waals surface area (Å²) in [6, 6.07) is 6.00. The Bertz CT molecular complexity index is 708. The van der Waals surface area contributed by atoms with Gasteiger partial charge in [-0.15, -0.1) is 0 Å². The summed E-state index contributed by atoms with van der Waals surface area (Å²) in [7, 11) is 0. The van der Waals surface area contributed by atoms with E-state index in [1.54, 1.807) is 29.2 Å². The molecule has 158 valence electrons. The standard InChI is InChI=1S/C16H16FNO.C8H16OS/c1-3-12-9-10-18(11-19)16(15(12)4-2)13-5-7-14(17)8-6-13;1-3-10-8-5-4-7(2)9-6-8/h3-8,11,16H,1-2,9-10H2;7-8H,3-6H2,1-2H3/t16-;7-,8?/m00/s1. The van der Waals surface area contributed by atoms with Crippen molar-refractivity contribution in [2.45, 2.75) is 50.5 Å². The first-order chi connectivity index (χ1) is 14.0. The molecule has 29 heavy (non-hydrogen) atoms. The number of benzene rings is 1. The molecule has 1 unspecified atom stereocenters. The minimum absolute atomic E-state index is 0.211. The molecular weight excluding hydrogens is 385 g/mol. The lowest BCUT2D eigenvalue weighted by atomic mass is 9.88. The van der Waals surface area contributed by atoms with E-state index < -0.39 is 0 Å². The highest BCUT2D eigenvalue weighted by Crippen LogP contribution is 2.35. The van der Waals surface area contributed by atoms with Crippen molar-refractivity contribution < 1.29 is 13.9 Å². The average molecular weight is 418 g/mol. The van der Waals surface area contributed by atoms with E-state index in [1.807, 2.05) is 11.8 Å². The van der Waals surface area contributed by atoms with E-state index in [0.717, 1.165) is 41.4 Å². The molecule has 2 aliphatic heterocycles. The number of carbonyl (C=O) groups excluding carboxylic acids is 1. The fraction of sp³-hybridized carbons (Fsp3) is 0.458. The SMILES string of the molecule is C=CC1=C(C=C)[C@H](c2ccc(F)cc2)N(C=O)CC1.CCSC1CC[C@H](C)OC1. The Kier molecular flexibility index (Phi) is 9.68. The Morgan fingerprint density at radius 2 is 1.97 bits per heavy atom. The highest BCUT2D eigenvalue weighted by molar-refractivity contribution is 7.99. The minimum Gasteiger partial charge on any atom is -0.377 e. The van der Waals surface area contributed by atoms with Gasteiger partial charge in [-0.1, -0.05) is 44.4 Å². The maximum atomic E-state index is 13.0. The van der Waals surface area contributed by atoms with Crippen molar-refractivity contribution in [3.63, 3.8) is 0 Å². The second-order valence-electron chi connectivity index (χ2n) is 7.23. The van der Waals surface area contributed by atoms with Crippen LogP contribution in [0.3, 0.4) is 0 Å². The van der Waals surface area contributed by atoms with Crippen LogP contribution in [0.1, 0.15) is 44.7 Å². The topological polar surface area (TPSA) is 29.5 Å². The molecule has 1 saturated heterocycles. The van der Waals surface area contributed by atoms with Crippen molar-refractivity contribution in [1.29, 1.82) is 0 Å². The molecule has 5 heteroatoms. The third-order valence-electron chi connectivity index (χ3n) is 5.29. The van der Waals surface area contributed by atoms with Crippen molar-refractivity contribution in [3.8, 4) is 0 Å². The normalized spacial score (nSPS) is 24.4. The molecule has 1 amide bonds. The molecule has 0 aliphatic carbocycles. The number of thioether (sulfide) groups is 1. The van der Waals surface area contributed by atoms with E-state index in [0.29, 0.717) is 12.6 Å². The molecule has 1 fully saturated rings. The third-order valence-corrected chi connectivity index (χ3v) is 6.46. The van der Waals surface area contributed by atoms with Crippen molar-refractivity contribution in [3.05, 3.63) is 72.1 Å². The first-order valence-electron chi connectivity index (χ1n) is 10.2. The summed E-state index contributed by atoms with van der Waals surface area (Å²) in [6.07, 6.45) is 8.25. The monoisotopic (exact) mass is 417 g/mol. The first kappa shape index (κ1) is 23.4. The number of amides is 1. The zero-order chi connectivity index (χ0) is 21.2. The number of carbonyl (C=O) groups is 1. The van der Waals surface area contributed by atoms with Crippen LogP contribution >= 0.6 is 11.8 Å². The summed E-state index contributed by atoms with van der Waals surface area (Å²) in [6.45, 7) is 13.6. The van der Waals surface area contributed by atoms with Gasteiger partial charge in [0.15, 0.2) is 0 Å². The minimum atomic E-state index is -0.287. The van der Waals surface area contributed by atoms with Gasteiger partial charge in [0.2, 0.25) is 6.41 Å². The number of halogens is 1. The maximum Gasteiger partial charge on any atom is 0.210 e. The zero-order valence-electron chi connectivity index (χ0n) is 17.5. The molecule has 0 radical (unpaired) electrons. The first-order valence-corrected chi connectivity index (χ1v) is 11.3. The molecule has 0 aromatic heterocycles. The van der Waals surface area contributed by atoms with Crippen LogP contribution in [0.4, 0.5) is 4.39 Å². The molecule has 3 atom stereocenters. The van der Waals surface area contributed by atoms with E-state index in [-0.39, 0.29) is 11.9 Å². The van der Waals surface area contributed by atoms with Gasteiger partial charge in [-0.2, -0.15) is 11.8 Å². The molecule has 2 aliphatic rings. The molecule has 1 aromatic carbocycles. The summed E-state index contributed by atoms with van der Waals surface area (Å²) in [4.78, 5) is 12.9. The number of hydrogen-bond donors (Lipinski definition) is 0. The number of allylic oxidation sites excluding steroid dienone is 1. The van der Waals surface area contributed by atoms with Crippen molar-refractivity contribution in [2.24, 2.45) is 0 Å². The Balaban J connectivity index is 0.000000253. The number of hydrogen-bond acceptors (Lipinski definition) is 3. The summed E-state index contributed by atoms with van der Waals surface area (Å²) in [5, 5.41) is 0.779. The molecule has 1 aromatic rings. The van der Waals surface area contributed by atoms with Gasteiger partial charge in [0.05, 0.1) is 18.8 Å². The molecular formula is C24H32FNO2S. The van der Waals surface area contributed by atoms with Crippen molar-refractivity contribution in [2.75, 3.05) is 18.9 Å². The van der Waals surface area contributed by atoms with E-state index in [9.17, 15) is 9.18 Å². The number of ether oxygens (including phenoxy) is 1. The second kappa shape index (κ2) is 12.0. The van der Waals surface area contributed by atoms with Crippen LogP contribution in [0, 0.1) is 5.82 Å². The van der Waals surface area contributed by atoms with E-state index in [1.165, 1.54) is 30.7 Å². The van der Waals surface area contributed by atoms with Gasteiger partial charge < -0.3 is 9.64 Å². The van der Waals surface area contributed by atoms with Crippen LogP contribution in [0.15, 0.2) is 60.7 Å². The largest absolute Gasteiger partial charge is 0.377 e. The van der Waals surface area contributed by atoms with Gasteiger partial charge >= 0.3 is 0 Å². The van der Waals surface area contributed by atoms with Crippen molar-refractivity contribution >= 4 is 18.2 Å². The predicted molar refractivity (Wildman–Crippen MR) is 121 cm³/mol. The Morgan fingerprint density at radius 1 is 1.24 bits per heavy atom. The summed E-state index contributed by atoms with van der Waals surface area (Å²) < 4.78 is 18.5. The Hall–Kier alpha value is -1.85. The fourth-order valence-electron chi connectivity index (χ4n) is 3.70. The molecule has 3 rings (SSSR count). The number of rotatable bonds is 6. The lowest BCUT2D eigenvalue weighted by molar-refractivity contribution is -0.119. The quantitative estimate of drug-likeness (QED) is 0.556. The van der Waals surface area contributed by atoms with Crippen LogP contribution in [0.5, 0.6) is 0 Å². The molecule has 0 saturated carbocycles. The Morgan fingerprint density at radius 3 is 2.48 bits per heavy atom. The summed E-state index contributed by atoms with van der Waals surface area (Å²) in [5.41, 5.74) is 2.92. The van der Waals surface area contributed by atoms with Gasteiger partial charge in [0, 0.05) is 11.8 Å². The fourth-order valence-corrected chi connectivity index (χ4v) is 4.64. The van der Waals surface area contributed by atoms with Gasteiger partial charge in [-0.25, -0.2) is 4.39 Å². The van der Waals surface area contributed by atoms with E-state index in [4.69, 9.17) is 4.74 Å². The van der Waals surface area contributed by atoms with Crippen LogP contribution < -0.4 is 0 Å². The van der Waals surface area contributed by atoms with Gasteiger partial charge in [0.1, 0.15) is 5.82 Å². The van der Waals surface area contributed by atoms with Crippen LogP contribution in [0.25, 0.3) is 0 Å². The highest BCUT2D eigenvalue weighted by Gasteiger charge is 2.27. The smallest absolute Gasteiger partial charge is 0.210 e. The molecule has 3 nitrogen and oxygen atoms in total. The average Bonchev–Trinajstić information content (AvgIpc) is 2.75.